The van der Waals surface area contributed by atoms with E-state index in [-0.39, 0.29) is 18.2 Å². The van der Waals surface area contributed by atoms with Gasteiger partial charge in [0.25, 0.3) is 0 Å². The lowest BCUT2D eigenvalue weighted by Crippen LogP contribution is -2.58. The number of esters is 1. The van der Waals surface area contributed by atoms with E-state index in [0.717, 1.165) is 5.56 Å². The molecule has 0 spiro atoms. The molecule has 1 aliphatic rings. The van der Waals surface area contributed by atoms with Gasteiger partial charge in [-0.1, -0.05) is 30.3 Å². The third kappa shape index (κ3) is 2.34. The van der Waals surface area contributed by atoms with Crippen LogP contribution < -0.4 is 0 Å². The molecule has 1 fully saturated rings. The molecule has 92 valence electrons. The molecule has 0 bridgehead atoms. The second-order valence-corrected chi connectivity index (χ2v) is 5.05. The second-order valence-electron chi connectivity index (χ2n) is 5.05. The van der Waals surface area contributed by atoms with E-state index in [0.29, 0.717) is 6.61 Å². The van der Waals surface area contributed by atoms with Crippen molar-refractivity contribution in [3.63, 3.8) is 0 Å². The summed E-state index contributed by atoms with van der Waals surface area (Å²) in [6, 6.07) is 9.98. The molecule has 0 N–H and O–H groups in total. The number of benzene rings is 1. The number of rotatable bonds is 4. The van der Waals surface area contributed by atoms with Gasteiger partial charge in [0.05, 0.1) is 12.7 Å². The van der Waals surface area contributed by atoms with E-state index >= 15 is 0 Å². The van der Waals surface area contributed by atoms with Gasteiger partial charge in [0.2, 0.25) is 0 Å². The van der Waals surface area contributed by atoms with Gasteiger partial charge in [-0.2, -0.15) is 0 Å². The average molecular weight is 234 g/mol. The van der Waals surface area contributed by atoms with Crippen molar-refractivity contribution in [2.24, 2.45) is 5.41 Å². The van der Waals surface area contributed by atoms with Crippen molar-refractivity contribution in [1.29, 1.82) is 0 Å². The van der Waals surface area contributed by atoms with Gasteiger partial charge in [0.15, 0.2) is 0 Å². The highest BCUT2D eigenvalue weighted by Crippen LogP contribution is 2.38. The summed E-state index contributed by atoms with van der Waals surface area (Å²) >= 11 is 0. The van der Waals surface area contributed by atoms with Crippen molar-refractivity contribution in [2.75, 3.05) is 0 Å². The molecular formula is C14H18O3. The number of carbonyl (C=O) groups is 1. The summed E-state index contributed by atoms with van der Waals surface area (Å²) in [6.07, 6.45) is -0.221. The Morgan fingerprint density at radius 2 is 2.00 bits per heavy atom. The average Bonchev–Trinajstić information content (AvgIpc) is 2.34. The lowest BCUT2D eigenvalue weighted by atomic mass is 9.79. The molecule has 1 aliphatic heterocycles. The minimum absolute atomic E-state index is 0.0806. The highest BCUT2D eigenvalue weighted by molar-refractivity contribution is 5.82. The molecule has 0 unspecified atom stereocenters. The monoisotopic (exact) mass is 234 g/mol. The topological polar surface area (TPSA) is 35.5 Å². The number of hydrogen-bond donors (Lipinski definition) is 0. The fourth-order valence-electron chi connectivity index (χ4n) is 2.04. The van der Waals surface area contributed by atoms with E-state index in [1.54, 1.807) is 0 Å². The zero-order valence-electron chi connectivity index (χ0n) is 10.5. The number of hydrogen-bond acceptors (Lipinski definition) is 3. The van der Waals surface area contributed by atoms with E-state index in [2.05, 4.69) is 0 Å². The molecule has 0 amide bonds. The van der Waals surface area contributed by atoms with Crippen LogP contribution in [0.4, 0.5) is 0 Å². The lowest BCUT2D eigenvalue weighted by molar-refractivity contribution is -0.221. The molecular weight excluding hydrogens is 216 g/mol. The van der Waals surface area contributed by atoms with Gasteiger partial charge in [-0.05, 0) is 26.3 Å². The fourth-order valence-corrected chi connectivity index (χ4v) is 2.04. The highest BCUT2D eigenvalue weighted by Gasteiger charge is 2.53. The minimum atomic E-state index is -0.421. The van der Waals surface area contributed by atoms with Gasteiger partial charge in [0.1, 0.15) is 11.5 Å². The zero-order valence-corrected chi connectivity index (χ0v) is 10.5. The third-order valence-corrected chi connectivity index (χ3v) is 3.25. The molecule has 2 rings (SSSR count). The maximum absolute atomic E-state index is 11.3. The van der Waals surface area contributed by atoms with Gasteiger partial charge in [0, 0.05) is 0 Å². The minimum Gasteiger partial charge on any atom is -0.458 e. The van der Waals surface area contributed by atoms with Crippen molar-refractivity contribution in [3.8, 4) is 0 Å². The third-order valence-electron chi connectivity index (χ3n) is 3.25. The van der Waals surface area contributed by atoms with Crippen molar-refractivity contribution in [1.82, 2.24) is 0 Å². The molecule has 0 aromatic heterocycles. The Balaban J connectivity index is 1.87. The molecule has 17 heavy (non-hydrogen) atoms. The van der Waals surface area contributed by atoms with Crippen molar-refractivity contribution in [3.05, 3.63) is 35.9 Å². The molecule has 1 heterocycles. The molecule has 0 saturated carbocycles. The second kappa shape index (κ2) is 4.49. The summed E-state index contributed by atoms with van der Waals surface area (Å²) < 4.78 is 10.9. The van der Waals surface area contributed by atoms with E-state index in [1.807, 2.05) is 51.1 Å². The van der Waals surface area contributed by atoms with Crippen LogP contribution in [0.5, 0.6) is 0 Å². The predicted octanol–water partition coefficient (Wildman–Crippen LogP) is 2.54. The Bertz CT molecular complexity index is 397. The Morgan fingerprint density at radius 3 is 2.53 bits per heavy atom. The Hall–Kier alpha value is -1.35. The van der Waals surface area contributed by atoms with Crippen LogP contribution in [-0.2, 0) is 20.9 Å². The molecule has 2 atom stereocenters. The molecule has 3 nitrogen and oxygen atoms in total. The zero-order chi connectivity index (χ0) is 12.5. The van der Waals surface area contributed by atoms with Crippen LogP contribution in [0.2, 0.25) is 0 Å². The first kappa shape index (κ1) is 12.1. The quantitative estimate of drug-likeness (QED) is 0.751. The van der Waals surface area contributed by atoms with E-state index in [1.165, 1.54) is 0 Å². The Kier molecular flexibility index (Phi) is 3.20. The van der Waals surface area contributed by atoms with Gasteiger partial charge in [-0.15, -0.1) is 0 Å². The van der Waals surface area contributed by atoms with Crippen LogP contribution in [-0.4, -0.2) is 18.2 Å². The van der Waals surface area contributed by atoms with Crippen molar-refractivity contribution < 1.29 is 14.3 Å². The van der Waals surface area contributed by atoms with Crippen LogP contribution in [0, 0.1) is 5.41 Å². The summed E-state index contributed by atoms with van der Waals surface area (Å²) in [5.74, 6) is -0.141. The van der Waals surface area contributed by atoms with E-state index < -0.39 is 5.41 Å². The maximum Gasteiger partial charge on any atom is 0.315 e. The summed E-state index contributed by atoms with van der Waals surface area (Å²) in [4.78, 5) is 11.3. The lowest BCUT2D eigenvalue weighted by Gasteiger charge is -2.44. The highest BCUT2D eigenvalue weighted by atomic mass is 16.6. The molecule has 0 aliphatic carbocycles. The summed E-state index contributed by atoms with van der Waals surface area (Å²) in [7, 11) is 0. The van der Waals surface area contributed by atoms with Crippen LogP contribution >= 0.6 is 0 Å². The molecule has 3 heteroatoms. The predicted molar refractivity (Wildman–Crippen MR) is 64.4 cm³/mol. The van der Waals surface area contributed by atoms with Crippen LogP contribution in [0.15, 0.2) is 30.3 Å². The number of cyclic esters (lactones) is 1. The van der Waals surface area contributed by atoms with Crippen LogP contribution in [0.3, 0.4) is 0 Å². The normalized spacial score (nSPS) is 23.7. The smallest absolute Gasteiger partial charge is 0.315 e. The van der Waals surface area contributed by atoms with Crippen molar-refractivity contribution >= 4 is 5.97 Å². The van der Waals surface area contributed by atoms with Gasteiger partial charge in [-0.25, -0.2) is 0 Å². The SMILES string of the molecule is C[C@H](OCc1ccccc1)[C@@H]1OC(=O)C1(C)C. The largest absolute Gasteiger partial charge is 0.458 e. The van der Waals surface area contributed by atoms with Crippen LogP contribution in [0.25, 0.3) is 0 Å². The van der Waals surface area contributed by atoms with Gasteiger partial charge >= 0.3 is 5.97 Å². The molecule has 1 aromatic carbocycles. The molecule has 0 radical (unpaired) electrons. The first-order valence-electron chi connectivity index (χ1n) is 5.88. The Morgan fingerprint density at radius 1 is 1.35 bits per heavy atom. The Labute approximate surface area is 102 Å². The summed E-state index contributed by atoms with van der Waals surface area (Å²) in [6.45, 7) is 6.28. The number of carbonyl (C=O) groups excluding carboxylic acids is 1. The first-order valence-corrected chi connectivity index (χ1v) is 5.88. The fraction of sp³-hybridized carbons (Fsp3) is 0.500. The standard InChI is InChI=1S/C14H18O3/c1-10(12-14(2,3)13(15)17-12)16-9-11-7-5-4-6-8-11/h4-8,10,12H,9H2,1-3H3/t10-,12-/m0/s1. The van der Waals surface area contributed by atoms with Gasteiger partial charge < -0.3 is 9.47 Å². The van der Waals surface area contributed by atoms with E-state index in [4.69, 9.17) is 9.47 Å². The number of ether oxygens (including phenoxy) is 2. The molecule has 1 saturated heterocycles. The van der Waals surface area contributed by atoms with Crippen LogP contribution in [0.1, 0.15) is 26.3 Å². The summed E-state index contributed by atoms with van der Waals surface area (Å²) in [5.41, 5.74) is 0.707. The van der Waals surface area contributed by atoms with Gasteiger partial charge in [-0.3, -0.25) is 4.79 Å². The first-order chi connectivity index (χ1) is 8.01. The summed E-state index contributed by atoms with van der Waals surface area (Å²) in [5, 5.41) is 0. The maximum atomic E-state index is 11.3. The van der Waals surface area contributed by atoms with Crippen molar-refractivity contribution in [2.45, 2.75) is 39.6 Å². The molecule has 1 aromatic rings. The van der Waals surface area contributed by atoms with E-state index in [9.17, 15) is 4.79 Å².